The van der Waals surface area contributed by atoms with E-state index < -0.39 is 11.9 Å². The van der Waals surface area contributed by atoms with Gasteiger partial charge in [0.05, 0.1) is 18.4 Å². The van der Waals surface area contributed by atoms with Gasteiger partial charge in [-0.1, -0.05) is 0 Å². The highest BCUT2D eigenvalue weighted by molar-refractivity contribution is 5.84. The lowest BCUT2D eigenvalue weighted by molar-refractivity contribution is -0.0791. The maximum Gasteiger partial charge on any atom is 0.182 e. The number of aromatic nitrogens is 3. The third-order valence-electron chi connectivity index (χ3n) is 6.89. The zero-order valence-electron chi connectivity index (χ0n) is 20.4. The summed E-state index contributed by atoms with van der Waals surface area (Å²) in [5.41, 5.74) is 2.75. The Bertz CT molecular complexity index is 1190. The van der Waals surface area contributed by atoms with Gasteiger partial charge in [0.1, 0.15) is 11.6 Å². The number of aliphatic hydroxyl groups excluding tert-OH is 2. The van der Waals surface area contributed by atoms with Gasteiger partial charge in [0.2, 0.25) is 0 Å². The molecule has 1 saturated heterocycles. The van der Waals surface area contributed by atoms with Crippen LogP contribution in [-0.2, 0) is 6.54 Å². The minimum absolute atomic E-state index is 0.133. The summed E-state index contributed by atoms with van der Waals surface area (Å²) in [6, 6.07) is 5.97. The molecule has 1 atom stereocenters. The second kappa shape index (κ2) is 8.88. The summed E-state index contributed by atoms with van der Waals surface area (Å²) in [5.74, 6) is -0.672. The van der Waals surface area contributed by atoms with E-state index in [0.29, 0.717) is 30.0 Å². The summed E-state index contributed by atoms with van der Waals surface area (Å²) in [5, 5.41) is 37.3. The first-order valence-corrected chi connectivity index (χ1v) is 11.5. The third-order valence-corrected chi connectivity index (χ3v) is 6.89. The largest absolute Gasteiger partial charge is 0.508 e. The van der Waals surface area contributed by atoms with Gasteiger partial charge in [-0.25, -0.2) is 9.37 Å². The fourth-order valence-corrected chi connectivity index (χ4v) is 4.90. The number of aryl methyl sites for hydroxylation is 1. The number of fused-ring (bicyclic) bond motifs is 1. The van der Waals surface area contributed by atoms with Crippen molar-refractivity contribution in [3.05, 3.63) is 41.3 Å². The number of pyridine rings is 1. The molecule has 3 aromatic rings. The van der Waals surface area contributed by atoms with Crippen LogP contribution in [0.3, 0.4) is 0 Å². The number of halogens is 1. The van der Waals surface area contributed by atoms with Gasteiger partial charge in [-0.05, 0) is 58.4 Å². The molecule has 2 aromatic heterocycles. The first-order valence-electron chi connectivity index (χ1n) is 11.5. The lowest BCUT2D eigenvalue weighted by atomic mass is 9.87. The number of nitrogens with one attached hydrogen (secondary N) is 1. The van der Waals surface area contributed by atoms with Crippen molar-refractivity contribution in [2.75, 3.05) is 26.2 Å². The smallest absolute Gasteiger partial charge is 0.182 e. The van der Waals surface area contributed by atoms with Crippen molar-refractivity contribution < 1.29 is 19.7 Å². The van der Waals surface area contributed by atoms with Gasteiger partial charge in [-0.3, -0.25) is 14.9 Å². The van der Waals surface area contributed by atoms with E-state index in [2.05, 4.69) is 52.7 Å². The lowest BCUT2D eigenvalue weighted by Crippen LogP contribution is -2.68. The maximum absolute atomic E-state index is 14.7. The van der Waals surface area contributed by atoms with Crippen LogP contribution in [0, 0.1) is 12.7 Å². The Morgan fingerprint density at radius 1 is 1.12 bits per heavy atom. The third kappa shape index (κ3) is 4.65. The number of rotatable bonds is 6. The van der Waals surface area contributed by atoms with Crippen LogP contribution in [0.5, 0.6) is 5.75 Å². The van der Waals surface area contributed by atoms with Crippen LogP contribution < -0.4 is 0 Å². The second-order valence-corrected chi connectivity index (χ2v) is 10.6. The monoisotopic (exact) mass is 471 g/mol. The molecular weight excluding hydrogens is 437 g/mol. The highest BCUT2D eigenvalue weighted by atomic mass is 19.1. The molecule has 1 aliphatic heterocycles. The molecule has 4 rings (SSSR count). The van der Waals surface area contributed by atoms with Gasteiger partial charge in [0, 0.05) is 60.0 Å². The molecule has 3 heterocycles. The van der Waals surface area contributed by atoms with Crippen LogP contribution in [0.4, 0.5) is 4.39 Å². The predicted molar refractivity (Wildman–Crippen MR) is 129 cm³/mol. The minimum atomic E-state index is -0.780. The van der Waals surface area contributed by atoms with Crippen LogP contribution in [0.15, 0.2) is 24.3 Å². The predicted octanol–water partition coefficient (Wildman–Crippen LogP) is 2.81. The van der Waals surface area contributed by atoms with Crippen molar-refractivity contribution in [2.24, 2.45) is 0 Å². The van der Waals surface area contributed by atoms with Gasteiger partial charge in [0.25, 0.3) is 0 Å². The molecule has 1 fully saturated rings. The quantitative estimate of drug-likeness (QED) is 0.438. The molecule has 0 radical (unpaired) electrons. The van der Waals surface area contributed by atoms with E-state index in [0.717, 1.165) is 35.8 Å². The van der Waals surface area contributed by atoms with Gasteiger partial charge < -0.3 is 15.3 Å². The van der Waals surface area contributed by atoms with Crippen molar-refractivity contribution in [2.45, 2.75) is 58.3 Å². The second-order valence-electron chi connectivity index (χ2n) is 10.6. The summed E-state index contributed by atoms with van der Waals surface area (Å²) in [7, 11) is 0. The minimum Gasteiger partial charge on any atom is -0.508 e. The zero-order valence-corrected chi connectivity index (χ0v) is 20.4. The number of piperazine rings is 1. The SMILES string of the molecule is Cc1[nH]nc2nc(-c3ccc(O)cc3F)cc(CN3CC(C)(C)N(CC(O)CO)CC3(C)C)c12. The Morgan fingerprint density at radius 2 is 1.79 bits per heavy atom. The number of hydrogen-bond donors (Lipinski definition) is 4. The molecule has 1 aliphatic rings. The Morgan fingerprint density at radius 3 is 2.47 bits per heavy atom. The van der Waals surface area contributed by atoms with Crippen LogP contribution in [-0.4, -0.2) is 83.7 Å². The van der Waals surface area contributed by atoms with Gasteiger partial charge in [-0.2, -0.15) is 5.10 Å². The molecule has 0 saturated carbocycles. The first-order chi connectivity index (χ1) is 15.9. The van der Waals surface area contributed by atoms with E-state index in [9.17, 15) is 19.7 Å². The van der Waals surface area contributed by atoms with E-state index >= 15 is 0 Å². The highest BCUT2D eigenvalue weighted by Gasteiger charge is 2.43. The first kappa shape index (κ1) is 24.5. The van der Waals surface area contributed by atoms with E-state index in [-0.39, 0.29) is 23.4 Å². The van der Waals surface area contributed by atoms with Crippen molar-refractivity contribution in [1.29, 1.82) is 0 Å². The standard InChI is InChI=1S/C25H34FN5O3/c1-15-22-16(8-21(27-23(22)29-28-15)19-7-6-17(33)9-20(19)26)10-30-13-25(4,5)31(11-18(34)12-32)14-24(30,2)3/h6-9,18,32-34H,10-14H2,1-5H3,(H,27,28,29). The lowest BCUT2D eigenvalue weighted by Gasteiger charge is -2.55. The number of aromatic hydroxyl groups is 1. The average Bonchev–Trinajstić information content (AvgIpc) is 3.12. The molecule has 0 bridgehead atoms. The van der Waals surface area contributed by atoms with E-state index in [1.165, 1.54) is 12.1 Å². The summed E-state index contributed by atoms with van der Waals surface area (Å²) >= 11 is 0. The molecule has 9 heteroatoms. The molecule has 8 nitrogen and oxygen atoms in total. The number of hydrogen-bond acceptors (Lipinski definition) is 7. The molecular formula is C25H34FN5O3. The van der Waals surface area contributed by atoms with E-state index in [4.69, 9.17) is 0 Å². The Labute approximate surface area is 199 Å². The molecule has 4 N–H and O–H groups in total. The fourth-order valence-electron chi connectivity index (χ4n) is 4.90. The number of H-pyrrole nitrogens is 1. The van der Waals surface area contributed by atoms with Crippen LogP contribution in [0.25, 0.3) is 22.3 Å². The topological polar surface area (TPSA) is 109 Å². The van der Waals surface area contributed by atoms with Crippen molar-refractivity contribution in [1.82, 2.24) is 25.0 Å². The van der Waals surface area contributed by atoms with Gasteiger partial charge in [0.15, 0.2) is 5.65 Å². The molecule has 1 aromatic carbocycles. The number of aliphatic hydroxyl groups is 2. The molecule has 34 heavy (non-hydrogen) atoms. The normalized spacial score (nSPS) is 19.5. The zero-order chi connectivity index (χ0) is 24.8. The number of phenolic OH excluding ortho intramolecular Hbond substituents is 1. The Kier molecular flexibility index (Phi) is 6.41. The van der Waals surface area contributed by atoms with Crippen molar-refractivity contribution in [3.63, 3.8) is 0 Å². The number of β-amino-alcohol motifs (C(OH)–C–C–N with tert-alkyl or cyclic N) is 1. The number of aromatic amines is 1. The number of nitrogens with zero attached hydrogens (tertiary/aromatic N) is 4. The summed E-state index contributed by atoms with van der Waals surface area (Å²) in [4.78, 5) is 9.21. The van der Waals surface area contributed by atoms with Crippen molar-refractivity contribution in [3.8, 4) is 17.0 Å². The Hall–Kier alpha value is -2.59. The molecule has 0 spiro atoms. The van der Waals surface area contributed by atoms with E-state index in [1.807, 2.05) is 13.0 Å². The van der Waals surface area contributed by atoms with Crippen LogP contribution in [0.2, 0.25) is 0 Å². The highest BCUT2D eigenvalue weighted by Crippen LogP contribution is 2.35. The fraction of sp³-hybridized carbons (Fsp3) is 0.520. The average molecular weight is 472 g/mol. The number of phenols is 1. The summed E-state index contributed by atoms with van der Waals surface area (Å²) in [6.45, 7) is 12.8. The van der Waals surface area contributed by atoms with E-state index in [1.54, 1.807) is 0 Å². The molecule has 0 amide bonds. The van der Waals surface area contributed by atoms with Crippen LogP contribution >= 0.6 is 0 Å². The Balaban J connectivity index is 1.72. The summed E-state index contributed by atoms with van der Waals surface area (Å²) in [6.07, 6.45) is -0.780. The molecule has 184 valence electrons. The van der Waals surface area contributed by atoms with Gasteiger partial charge >= 0.3 is 0 Å². The maximum atomic E-state index is 14.7. The van der Waals surface area contributed by atoms with Crippen LogP contribution in [0.1, 0.15) is 39.0 Å². The van der Waals surface area contributed by atoms with Crippen molar-refractivity contribution >= 4 is 11.0 Å². The summed E-state index contributed by atoms with van der Waals surface area (Å²) < 4.78 is 14.7. The molecule has 1 unspecified atom stereocenters. The molecule has 0 aliphatic carbocycles. The number of benzene rings is 1. The van der Waals surface area contributed by atoms with Gasteiger partial charge in [-0.15, -0.1) is 0 Å².